The van der Waals surface area contributed by atoms with Crippen molar-refractivity contribution >= 4 is 17.1 Å². The lowest BCUT2D eigenvalue weighted by atomic mass is 10.3. The first kappa shape index (κ1) is 21.6. The van der Waals surface area contributed by atoms with Crippen molar-refractivity contribution in [2.45, 2.75) is 19.1 Å². The number of aryl methyl sites for hydroxylation is 1. The van der Waals surface area contributed by atoms with Crippen LogP contribution < -0.4 is 21.3 Å². The Morgan fingerprint density at radius 2 is 1.90 bits per heavy atom. The normalized spacial score (nSPS) is 12.3. The molecule has 2 aromatic heterocycles. The number of aliphatic hydroxyl groups is 1. The maximum Gasteiger partial charge on any atom is 0.332 e. The molecule has 162 valence electrons. The third-order valence-corrected chi connectivity index (χ3v) is 4.74. The average Bonchev–Trinajstić information content (AvgIpc) is 3.11. The Hall–Kier alpha value is -3.11. The highest BCUT2D eigenvalue weighted by Crippen LogP contribution is 2.17. The highest BCUT2D eigenvalue weighted by Gasteiger charge is 2.21. The number of methoxy groups -OCH3 is 1. The molecule has 0 aliphatic heterocycles. The van der Waals surface area contributed by atoms with Gasteiger partial charge in [-0.25, -0.2) is 4.79 Å². The number of aromatic nitrogens is 4. The number of hydrogen-bond donors (Lipinski definition) is 2. The van der Waals surface area contributed by atoms with Crippen molar-refractivity contribution in [3.05, 3.63) is 51.2 Å². The fourth-order valence-electron chi connectivity index (χ4n) is 3.15. The Morgan fingerprint density at radius 3 is 2.60 bits per heavy atom. The molecule has 2 N–H and O–H groups in total. The van der Waals surface area contributed by atoms with E-state index in [4.69, 9.17) is 9.47 Å². The molecule has 0 radical (unpaired) electrons. The quantitative estimate of drug-likeness (QED) is 0.457. The predicted octanol–water partition coefficient (Wildman–Crippen LogP) is 0.322. The van der Waals surface area contributed by atoms with Gasteiger partial charge in [-0.2, -0.15) is 4.98 Å². The molecule has 0 bridgehead atoms. The van der Waals surface area contributed by atoms with E-state index in [-0.39, 0.29) is 24.3 Å². The number of para-hydroxylation sites is 1. The van der Waals surface area contributed by atoms with Crippen LogP contribution in [0.15, 0.2) is 39.9 Å². The maximum absolute atomic E-state index is 12.8. The number of hydrogen-bond acceptors (Lipinski definition) is 7. The minimum atomic E-state index is -0.899. The Balaban J connectivity index is 1.91. The third kappa shape index (κ3) is 4.55. The molecule has 10 heteroatoms. The van der Waals surface area contributed by atoms with Crippen molar-refractivity contribution in [3.63, 3.8) is 0 Å². The van der Waals surface area contributed by atoms with Crippen LogP contribution in [-0.2, 0) is 25.4 Å². The van der Waals surface area contributed by atoms with Gasteiger partial charge < -0.3 is 24.5 Å². The second kappa shape index (κ2) is 9.59. The van der Waals surface area contributed by atoms with E-state index in [1.807, 2.05) is 18.2 Å². The minimum Gasteiger partial charge on any atom is -0.491 e. The molecule has 0 amide bonds. The Bertz CT molecular complexity index is 1100. The van der Waals surface area contributed by atoms with Gasteiger partial charge in [0.25, 0.3) is 5.56 Å². The van der Waals surface area contributed by atoms with Crippen LogP contribution in [0.3, 0.4) is 0 Å². The molecule has 10 nitrogen and oxygen atoms in total. The summed E-state index contributed by atoms with van der Waals surface area (Å²) in [4.78, 5) is 29.5. The minimum absolute atomic E-state index is 0.0406. The van der Waals surface area contributed by atoms with Crippen LogP contribution in [0.25, 0.3) is 11.2 Å². The van der Waals surface area contributed by atoms with Crippen LogP contribution in [0.5, 0.6) is 5.75 Å². The van der Waals surface area contributed by atoms with Gasteiger partial charge in [-0.1, -0.05) is 18.2 Å². The Morgan fingerprint density at radius 1 is 1.17 bits per heavy atom. The van der Waals surface area contributed by atoms with Crippen LogP contribution in [0.4, 0.5) is 5.95 Å². The summed E-state index contributed by atoms with van der Waals surface area (Å²) in [6.07, 6.45) is -0.167. The second-order valence-corrected chi connectivity index (χ2v) is 6.97. The zero-order chi connectivity index (χ0) is 21.7. The molecule has 3 rings (SSSR count). The number of ether oxygens (including phenoxy) is 2. The SMILES string of the molecule is COCCCNc1nc2c(c(=O)n(C)c(=O)n2C)n1C[C@@H](O)COc1ccccc1. The summed E-state index contributed by atoms with van der Waals surface area (Å²) in [6.45, 7) is 1.24. The fraction of sp³-hybridized carbons (Fsp3) is 0.450. The van der Waals surface area contributed by atoms with E-state index in [2.05, 4.69) is 10.3 Å². The van der Waals surface area contributed by atoms with Gasteiger partial charge in [0.15, 0.2) is 11.2 Å². The summed E-state index contributed by atoms with van der Waals surface area (Å²) in [6, 6.07) is 9.17. The van der Waals surface area contributed by atoms with Crippen molar-refractivity contribution in [3.8, 4) is 5.75 Å². The van der Waals surface area contributed by atoms with Gasteiger partial charge in [-0.3, -0.25) is 13.9 Å². The van der Waals surface area contributed by atoms with E-state index < -0.39 is 17.4 Å². The van der Waals surface area contributed by atoms with Crippen molar-refractivity contribution in [1.29, 1.82) is 0 Å². The largest absolute Gasteiger partial charge is 0.491 e. The second-order valence-electron chi connectivity index (χ2n) is 6.97. The molecule has 0 saturated carbocycles. The third-order valence-electron chi connectivity index (χ3n) is 4.74. The summed E-state index contributed by atoms with van der Waals surface area (Å²) in [5.74, 6) is 1.04. The van der Waals surface area contributed by atoms with Crippen molar-refractivity contribution < 1.29 is 14.6 Å². The zero-order valence-corrected chi connectivity index (χ0v) is 17.4. The van der Waals surface area contributed by atoms with Gasteiger partial charge in [0, 0.05) is 34.4 Å². The van der Waals surface area contributed by atoms with Crippen molar-refractivity contribution in [2.75, 3.05) is 32.2 Å². The number of nitrogens with one attached hydrogen (secondary N) is 1. The summed E-state index contributed by atoms with van der Waals surface area (Å²) >= 11 is 0. The molecule has 3 aromatic rings. The lowest BCUT2D eigenvalue weighted by molar-refractivity contribution is 0.0938. The first-order chi connectivity index (χ1) is 14.4. The number of aliphatic hydroxyl groups excluding tert-OH is 1. The van der Waals surface area contributed by atoms with E-state index in [1.165, 1.54) is 11.6 Å². The smallest absolute Gasteiger partial charge is 0.332 e. The number of nitrogens with zero attached hydrogens (tertiary/aromatic N) is 4. The molecular weight excluding hydrogens is 390 g/mol. The lowest BCUT2D eigenvalue weighted by Gasteiger charge is -2.16. The molecule has 0 aliphatic rings. The molecule has 1 aromatic carbocycles. The van der Waals surface area contributed by atoms with Gasteiger partial charge in [-0.05, 0) is 18.6 Å². The number of imidazole rings is 1. The maximum atomic E-state index is 12.8. The lowest BCUT2D eigenvalue weighted by Crippen LogP contribution is -2.38. The monoisotopic (exact) mass is 417 g/mol. The fourth-order valence-corrected chi connectivity index (χ4v) is 3.15. The van der Waals surface area contributed by atoms with E-state index in [9.17, 15) is 14.7 Å². The van der Waals surface area contributed by atoms with E-state index in [0.29, 0.717) is 24.8 Å². The van der Waals surface area contributed by atoms with Gasteiger partial charge in [0.2, 0.25) is 5.95 Å². The van der Waals surface area contributed by atoms with Gasteiger partial charge >= 0.3 is 5.69 Å². The summed E-state index contributed by atoms with van der Waals surface area (Å²) in [7, 11) is 4.60. The van der Waals surface area contributed by atoms with E-state index in [1.54, 1.807) is 30.9 Å². The van der Waals surface area contributed by atoms with Gasteiger partial charge in [0.05, 0.1) is 6.54 Å². The van der Waals surface area contributed by atoms with Crippen molar-refractivity contribution in [2.24, 2.45) is 14.1 Å². The van der Waals surface area contributed by atoms with Crippen molar-refractivity contribution in [1.82, 2.24) is 18.7 Å². The average molecular weight is 417 g/mol. The van der Waals surface area contributed by atoms with Crippen LogP contribution in [0.1, 0.15) is 6.42 Å². The van der Waals surface area contributed by atoms with Gasteiger partial charge in [-0.15, -0.1) is 0 Å². The molecule has 0 unspecified atom stereocenters. The highest BCUT2D eigenvalue weighted by molar-refractivity contribution is 5.74. The van der Waals surface area contributed by atoms with Crippen LogP contribution >= 0.6 is 0 Å². The predicted molar refractivity (Wildman–Crippen MR) is 113 cm³/mol. The molecule has 0 saturated heterocycles. The topological polar surface area (TPSA) is 113 Å². The van der Waals surface area contributed by atoms with E-state index >= 15 is 0 Å². The van der Waals surface area contributed by atoms with E-state index in [0.717, 1.165) is 11.0 Å². The molecule has 0 aliphatic carbocycles. The summed E-state index contributed by atoms with van der Waals surface area (Å²) in [5, 5.41) is 13.7. The molecule has 30 heavy (non-hydrogen) atoms. The molecule has 0 spiro atoms. The highest BCUT2D eigenvalue weighted by atomic mass is 16.5. The van der Waals surface area contributed by atoms with Gasteiger partial charge in [0.1, 0.15) is 18.5 Å². The standard InChI is InChI=1S/C20H27N5O5/c1-23-17-16(18(27)24(2)20(23)28)25(19(22-17)21-10-7-11-29-3)12-14(26)13-30-15-8-5-4-6-9-15/h4-6,8-9,14,26H,7,10-13H2,1-3H3,(H,21,22)/t14-/m1/s1. The molecular formula is C20H27N5O5. The Kier molecular flexibility index (Phi) is 6.91. The van der Waals surface area contributed by atoms with Crippen LogP contribution in [-0.4, -0.2) is 56.8 Å². The number of fused-ring (bicyclic) bond motifs is 1. The summed E-state index contributed by atoms with van der Waals surface area (Å²) < 4.78 is 14.6. The number of rotatable bonds is 10. The van der Waals surface area contributed by atoms with Crippen LogP contribution in [0.2, 0.25) is 0 Å². The first-order valence-electron chi connectivity index (χ1n) is 9.69. The molecule has 2 heterocycles. The molecule has 1 atom stereocenters. The number of anilines is 1. The Labute approximate surface area is 173 Å². The number of benzene rings is 1. The molecule has 0 fully saturated rings. The summed E-state index contributed by atoms with van der Waals surface area (Å²) in [5.41, 5.74) is -0.432. The van der Waals surface area contributed by atoms with Crippen LogP contribution in [0, 0.1) is 0 Å². The first-order valence-corrected chi connectivity index (χ1v) is 9.69. The zero-order valence-electron chi connectivity index (χ0n) is 17.4.